The molecule has 0 amide bonds. The molecule has 0 saturated carbocycles. The second kappa shape index (κ2) is 4.85. The Morgan fingerprint density at radius 2 is 2.05 bits per heavy atom. The fraction of sp³-hybridized carbons (Fsp3) is 0.188. The molecule has 2 unspecified atom stereocenters. The minimum absolute atomic E-state index is 0.106. The van der Waals surface area contributed by atoms with Gasteiger partial charge in [-0.15, -0.1) is 0 Å². The molecule has 0 radical (unpaired) electrons. The van der Waals surface area contributed by atoms with Crippen LogP contribution in [0.3, 0.4) is 0 Å². The van der Waals surface area contributed by atoms with E-state index in [1.807, 2.05) is 24.3 Å². The van der Waals surface area contributed by atoms with Crippen molar-refractivity contribution < 1.29 is 5.11 Å². The number of hydrogen-bond donors (Lipinski definition) is 2. The summed E-state index contributed by atoms with van der Waals surface area (Å²) in [5.41, 5.74) is 3.71. The Hall–Kier alpha value is -2.15. The maximum atomic E-state index is 10.5. The van der Waals surface area contributed by atoms with Gasteiger partial charge in [0.15, 0.2) is 0 Å². The first-order valence-corrected chi connectivity index (χ1v) is 6.29. The molecule has 0 aliphatic carbocycles. The van der Waals surface area contributed by atoms with E-state index in [0.717, 1.165) is 17.7 Å². The molecule has 1 heterocycles. The first-order chi connectivity index (χ1) is 9.29. The molecule has 2 aromatic carbocycles. The lowest BCUT2D eigenvalue weighted by atomic mass is 9.95. The van der Waals surface area contributed by atoms with Gasteiger partial charge < -0.3 is 10.4 Å². The summed E-state index contributed by atoms with van der Waals surface area (Å²) in [5, 5.41) is 22.8. The lowest BCUT2D eigenvalue weighted by molar-refractivity contribution is 0.133. The van der Waals surface area contributed by atoms with Crippen LogP contribution in [0.1, 0.15) is 34.4 Å². The molecule has 1 aliphatic heterocycles. The summed E-state index contributed by atoms with van der Waals surface area (Å²) in [7, 11) is 0. The summed E-state index contributed by atoms with van der Waals surface area (Å²) in [6.07, 6.45) is -0.642. The highest BCUT2D eigenvalue weighted by Gasteiger charge is 2.28. The molecule has 0 bridgehead atoms. The van der Waals surface area contributed by atoms with E-state index >= 15 is 0 Å². The summed E-state index contributed by atoms with van der Waals surface area (Å²) in [6.45, 7) is 0.774. The number of hydrogen-bond acceptors (Lipinski definition) is 3. The summed E-state index contributed by atoms with van der Waals surface area (Å²) < 4.78 is 0. The number of rotatable bonds is 2. The van der Waals surface area contributed by atoms with Gasteiger partial charge in [-0.25, -0.2) is 0 Å². The van der Waals surface area contributed by atoms with E-state index in [4.69, 9.17) is 5.26 Å². The van der Waals surface area contributed by atoms with E-state index in [0.29, 0.717) is 5.56 Å². The van der Waals surface area contributed by atoms with Crippen LogP contribution < -0.4 is 5.32 Å². The van der Waals surface area contributed by atoms with Crippen LogP contribution in [0.2, 0.25) is 0 Å². The second-order valence-electron chi connectivity index (χ2n) is 4.74. The Balaban J connectivity index is 1.93. The Bertz CT molecular complexity index is 645. The molecule has 94 valence electrons. The molecule has 0 aromatic heterocycles. The van der Waals surface area contributed by atoms with Crippen molar-refractivity contribution in [2.45, 2.75) is 18.7 Å². The SMILES string of the molecule is N#Cc1cccc(C(O)C2NCc3ccccc32)c1. The fourth-order valence-corrected chi connectivity index (χ4v) is 2.59. The maximum Gasteiger partial charge on any atom is 0.0991 e. The summed E-state index contributed by atoms with van der Waals surface area (Å²) >= 11 is 0. The summed E-state index contributed by atoms with van der Waals surface area (Å²) in [5.74, 6) is 0. The van der Waals surface area contributed by atoms with Gasteiger partial charge in [-0.1, -0.05) is 36.4 Å². The van der Waals surface area contributed by atoms with Crippen molar-refractivity contribution in [3.63, 3.8) is 0 Å². The maximum absolute atomic E-state index is 10.5. The van der Waals surface area contributed by atoms with Gasteiger partial charge in [0.05, 0.1) is 23.8 Å². The third-order valence-electron chi connectivity index (χ3n) is 3.58. The Morgan fingerprint density at radius 1 is 1.21 bits per heavy atom. The second-order valence-corrected chi connectivity index (χ2v) is 4.74. The van der Waals surface area contributed by atoms with Crippen LogP contribution in [-0.4, -0.2) is 5.11 Å². The van der Waals surface area contributed by atoms with Crippen LogP contribution in [0, 0.1) is 11.3 Å². The molecule has 1 aliphatic rings. The van der Waals surface area contributed by atoms with Gasteiger partial charge in [0.1, 0.15) is 0 Å². The Labute approximate surface area is 112 Å². The first kappa shape index (κ1) is 11.9. The average Bonchev–Trinajstić information content (AvgIpc) is 2.90. The van der Waals surface area contributed by atoms with Gasteiger partial charge in [0.2, 0.25) is 0 Å². The van der Waals surface area contributed by atoms with Gasteiger partial charge in [-0.3, -0.25) is 0 Å². The van der Waals surface area contributed by atoms with Crippen LogP contribution in [0.25, 0.3) is 0 Å². The highest BCUT2D eigenvalue weighted by atomic mass is 16.3. The molecule has 3 nitrogen and oxygen atoms in total. The Kier molecular flexibility index (Phi) is 3.04. The standard InChI is InChI=1S/C16H14N2O/c17-9-11-4-3-6-12(8-11)16(19)15-14-7-2-1-5-13(14)10-18-15/h1-8,15-16,18-19H,10H2. The summed E-state index contributed by atoms with van der Waals surface area (Å²) in [6, 6.07) is 17.2. The van der Waals surface area contributed by atoms with E-state index in [-0.39, 0.29) is 6.04 Å². The molecule has 0 spiro atoms. The highest BCUT2D eigenvalue weighted by Crippen LogP contribution is 2.35. The molecule has 3 rings (SSSR count). The number of nitrogens with zero attached hydrogens (tertiary/aromatic N) is 1. The number of benzene rings is 2. The van der Waals surface area contributed by atoms with Crippen molar-refractivity contribution in [1.82, 2.24) is 5.32 Å². The van der Waals surface area contributed by atoms with Gasteiger partial charge in [0, 0.05) is 6.54 Å². The molecule has 0 saturated heterocycles. The molecule has 0 fully saturated rings. The van der Waals surface area contributed by atoms with Crippen LogP contribution >= 0.6 is 0 Å². The van der Waals surface area contributed by atoms with Gasteiger partial charge in [-0.2, -0.15) is 5.26 Å². The van der Waals surface area contributed by atoms with Crippen molar-refractivity contribution in [3.8, 4) is 6.07 Å². The van der Waals surface area contributed by atoms with Crippen LogP contribution in [0.15, 0.2) is 48.5 Å². The zero-order valence-corrected chi connectivity index (χ0v) is 10.4. The predicted molar refractivity (Wildman–Crippen MR) is 72.1 cm³/mol. The smallest absolute Gasteiger partial charge is 0.0991 e. The van der Waals surface area contributed by atoms with E-state index < -0.39 is 6.10 Å². The van der Waals surface area contributed by atoms with E-state index in [9.17, 15) is 5.11 Å². The number of aliphatic hydroxyl groups excluding tert-OH is 1. The lowest BCUT2D eigenvalue weighted by Crippen LogP contribution is -2.20. The number of aliphatic hydroxyl groups is 1. The summed E-state index contributed by atoms with van der Waals surface area (Å²) in [4.78, 5) is 0. The van der Waals surface area contributed by atoms with Crippen molar-refractivity contribution in [1.29, 1.82) is 5.26 Å². The van der Waals surface area contributed by atoms with E-state index in [1.54, 1.807) is 18.2 Å². The largest absolute Gasteiger partial charge is 0.386 e. The lowest BCUT2D eigenvalue weighted by Gasteiger charge is -2.20. The molecule has 2 atom stereocenters. The number of nitriles is 1. The third-order valence-corrected chi connectivity index (χ3v) is 3.58. The highest BCUT2D eigenvalue weighted by molar-refractivity contribution is 5.39. The predicted octanol–water partition coefficient (Wildman–Crippen LogP) is 2.44. The Morgan fingerprint density at radius 3 is 2.89 bits per heavy atom. The fourth-order valence-electron chi connectivity index (χ4n) is 2.59. The van der Waals surface area contributed by atoms with Crippen molar-refractivity contribution >= 4 is 0 Å². The van der Waals surface area contributed by atoms with E-state index in [2.05, 4.69) is 17.5 Å². The minimum Gasteiger partial charge on any atom is -0.386 e. The van der Waals surface area contributed by atoms with Gasteiger partial charge >= 0.3 is 0 Å². The number of fused-ring (bicyclic) bond motifs is 1. The van der Waals surface area contributed by atoms with Crippen LogP contribution in [-0.2, 0) is 6.54 Å². The molecule has 2 aromatic rings. The van der Waals surface area contributed by atoms with E-state index in [1.165, 1.54) is 5.56 Å². The molecule has 2 N–H and O–H groups in total. The normalized spacial score (nSPS) is 18.6. The van der Waals surface area contributed by atoms with Crippen LogP contribution in [0.5, 0.6) is 0 Å². The van der Waals surface area contributed by atoms with Gasteiger partial charge in [0.25, 0.3) is 0 Å². The van der Waals surface area contributed by atoms with Crippen LogP contribution in [0.4, 0.5) is 0 Å². The minimum atomic E-state index is -0.642. The zero-order valence-electron chi connectivity index (χ0n) is 10.4. The van der Waals surface area contributed by atoms with Gasteiger partial charge in [-0.05, 0) is 28.8 Å². The van der Waals surface area contributed by atoms with Crippen molar-refractivity contribution in [3.05, 3.63) is 70.8 Å². The third kappa shape index (κ3) is 2.12. The first-order valence-electron chi connectivity index (χ1n) is 6.29. The topological polar surface area (TPSA) is 56.0 Å². The van der Waals surface area contributed by atoms with Crippen molar-refractivity contribution in [2.75, 3.05) is 0 Å². The molecule has 3 heteroatoms. The number of nitrogens with one attached hydrogen (secondary N) is 1. The average molecular weight is 250 g/mol. The monoisotopic (exact) mass is 250 g/mol. The van der Waals surface area contributed by atoms with Crippen molar-refractivity contribution in [2.24, 2.45) is 0 Å². The molecular weight excluding hydrogens is 236 g/mol. The zero-order chi connectivity index (χ0) is 13.2. The molecular formula is C16H14N2O. The quantitative estimate of drug-likeness (QED) is 0.860. The molecule has 19 heavy (non-hydrogen) atoms.